The Labute approximate surface area is 168 Å². The van der Waals surface area contributed by atoms with Gasteiger partial charge in [0.05, 0.1) is 0 Å². The molecule has 2 aromatic rings. The predicted molar refractivity (Wildman–Crippen MR) is 117 cm³/mol. The van der Waals surface area contributed by atoms with E-state index in [-0.39, 0.29) is 0 Å². The van der Waals surface area contributed by atoms with Crippen LogP contribution in [0.3, 0.4) is 0 Å². The molecule has 0 saturated carbocycles. The Balaban J connectivity index is 1.50. The van der Waals surface area contributed by atoms with Crippen molar-refractivity contribution in [3.05, 3.63) is 54.6 Å². The summed E-state index contributed by atoms with van der Waals surface area (Å²) in [6, 6.07) is 19.0. The lowest BCUT2D eigenvalue weighted by molar-refractivity contribution is 0.136. The van der Waals surface area contributed by atoms with E-state index in [1.807, 2.05) is 54.6 Å². The minimum absolute atomic E-state index is 0.586. The third kappa shape index (κ3) is 5.44. The molecule has 3 rings (SSSR count). The van der Waals surface area contributed by atoms with Gasteiger partial charge in [-0.3, -0.25) is 0 Å². The van der Waals surface area contributed by atoms with Gasteiger partial charge in [-0.1, -0.05) is 18.2 Å². The molecule has 1 aliphatic heterocycles. The van der Waals surface area contributed by atoms with Crippen LogP contribution in [0.5, 0.6) is 11.5 Å². The van der Waals surface area contributed by atoms with Crippen molar-refractivity contribution in [3.8, 4) is 11.5 Å². The summed E-state index contributed by atoms with van der Waals surface area (Å²) in [7, 11) is 2.22. The molecule has 0 aliphatic carbocycles. The van der Waals surface area contributed by atoms with Crippen LogP contribution in [-0.4, -0.2) is 47.1 Å². The van der Waals surface area contributed by atoms with Gasteiger partial charge in [-0.2, -0.15) is 0 Å². The topological polar surface area (TPSA) is 27.7 Å². The SMILES string of the molecule is CC(C)N(C)C1CCN(C(=S)Nc2ccc(Oc3ccccc3)cc2)CC1. The molecular formula is C22H29N3OS. The fourth-order valence-electron chi connectivity index (χ4n) is 3.33. The van der Waals surface area contributed by atoms with Gasteiger partial charge >= 0.3 is 0 Å². The zero-order valence-corrected chi connectivity index (χ0v) is 17.2. The third-order valence-electron chi connectivity index (χ3n) is 5.23. The van der Waals surface area contributed by atoms with Crippen molar-refractivity contribution in [3.63, 3.8) is 0 Å². The molecule has 4 nitrogen and oxygen atoms in total. The highest BCUT2D eigenvalue weighted by Gasteiger charge is 2.24. The molecule has 1 N–H and O–H groups in total. The smallest absolute Gasteiger partial charge is 0.173 e. The Bertz CT molecular complexity index is 725. The minimum Gasteiger partial charge on any atom is -0.457 e. The molecule has 0 spiro atoms. The van der Waals surface area contributed by atoms with Gasteiger partial charge in [0.1, 0.15) is 11.5 Å². The molecule has 0 radical (unpaired) electrons. The summed E-state index contributed by atoms with van der Waals surface area (Å²) in [5, 5.41) is 4.16. The summed E-state index contributed by atoms with van der Waals surface area (Å²) < 4.78 is 5.83. The summed E-state index contributed by atoms with van der Waals surface area (Å²) in [5.41, 5.74) is 0.988. The standard InChI is InChI=1S/C22H29N3OS/c1-17(2)24(3)19-13-15-25(16-14-19)22(27)23-18-9-11-21(12-10-18)26-20-7-5-4-6-8-20/h4-12,17,19H,13-16H2,1-3H3,(H,23,27). The number of ether oxygens (including phenoxy) is 1. The number of rotatable bonds is 5. The van der Waals surface area contributed by atoms with Crippen molar-refractivity contribution in [2.45, 2.75) is 38.8 Å². The molecule has 0 amide bonds. The zero-order valence-electron chi connectivity index (χ0n) is 16.4. The highest BCUT2D eigenvalue weighted by Crippen LogP contribution is 2.23. The lowest BCUT2D eigenvalue weighted by atomic mass is 10.0. The first-order valence-electron chi connectivity index (χ1n) is 9.64. The van der Waals surface area contributed by atoms with E-state index in [4.69, 9.17) is 17.0 Å². The molecule has 0 bridgehead atoms. The molecule has 1 fully saturated rings. The highest BCUT2D eigenvalue weighted by molar-refractivity contribution is 7.80. The normalized spacial score (nSPS) is 15.2. The molecule has 2 aromatic carbocycles. The summed E-state index contributed by atoms with van der Waals surface area (Å²) in [6.45, 7) is 6.51. The molecule has 0 unspecified atom stereocenters. The van der Waals surface area contributed by atoms with Gasteiger partial charge in [0.15, 0.2) is 5.11 Å². The molecule has 1 saturated heterocycles. The van der Waals surface area contributed by atoms with E-state index in [2.05, 4.69) is 36.0 Å². The molecule has 1 aliphatic rings. The third-order valence-corrected chi connectivity index (χ3v) is 5.59. The van der Waals surface area contributed by atoms with Crippen molar-refractivity contribution in [2.75, 3.05) is 25.5 Å². The molecule has 0 aromatic heterocycles. The number of hydrogen-bond donors (Lipinski definition) is 1. The minimum atomic E-state index is 0.586. The number of nitrogens with zero attached hydrogens (tertiary/aromatic N) is 2. The van der Waals surface area contributed by atoms with Gasteiger partial charge < -0.3 is 19.9 Å². The fraction of sp³-hybridized carbons (Fsp3) is 0.409. The number of thiocarbonyl (C=S) groups is 1. The van der Waals surface area contributed by atoms with Gasteiger partial charge in [0, 0.05) is 30.9 Å². The van der Waals surface area contributed by atoms with E-state index in [0.29, 0.717) is 12.1 Å². The molecule has 1 heterocycles. The quantitative estimate of drug-likeness (QED) is 0.735. The number of hydrogen-bond acceptors (Lipinski definition) is 3. The summed E-state index contributed by atoms with van der Waals surface area (Å²) in [4.78, 5) is 4.74. The maximum Gasteiger partial charge on any atom is 0.173 e. The Hall–Kier alpha value is -2.11. The van der Waals surface area contributed by atoms with Crippen LogP contribution < -0.4 is 10.1 Å². The van der Waals surface area contributed by atoms with Crippen LogP contribution in [0.15, 0.2) is 54.6 Å². The van der Waals surface area contributed by atoms with Crippen molar-refractivity contribution in [1.82, 2.24) is 9.80 Å². The number of nitrogens with one attached hydrogen (secondary N) is 1. The Morgan fingerprint density at radius 1 is 1.04 bits per heavy atom. The Morgan fingerprint density at radius 2 is 1.63 bits per heavy atom. The van der Waals surface area contributed by atoms with Gasteiger partial charge in [-0.05, 0) is 82.4 Å². The molecule has 144 valence electrons. The van der Waals surface area contributed by atoms with E-state index >= 15 is 0 Å². The van der Waals surface area contributed by atoms with E-state index in [9.17, 15) is 0 Å². The van der Waals surface area contributed by atoms with Crippen molar-refractivity contribution >= 4 is 23.0 Å². The number of likely N-dealkylation sites (tertiary alicyclic amines) is 1. The average Bonchev–Trinajstić information content (AvgIpc) is 2.69. The van der Waals surface area contributed by atoms with Crippen LogP contribution in [0.1, 0.15) is 26.7 Å². The van der Waals surface area contributed by atoms with E-state index in [0.717, 1.165) is 48.2 Å². The van der Waals surface area contributed by atoms with Crippen LogP contribution >= 0.6 is 12.2 Å². The van der Waals surface area contributed by atoms with Crippen molar-refractivity contribution < 1.29 is 4.74 Å². The summed E-state index contributed by atoms with van der Waals surface area (Å²) >= 11 is 5.62. The van der Waals surface area contributed by atoms with Crippen LogP contribution in [0, 0.1) is 0 Å². The second-order valence-corrected chi connectivity index (χ2v) is 7.73. The Morgan fingerprint density at radius 3 is 2.22 bits per heavy atom. The number of anilines is 1. The van der Waals surface area contributed by atoms with Crippen LogP contribution in [0.4, 0.5) is 5.69 Å². The molecule has 27 heavy (non-hydrogen) atoms. The first-order valence-corrected chi connectivity index (χ1v) is 10.0. The molecule has 5 heteroatoms. The van der Waals surface area contributed by atoms with Gasteiger partial charge in [0.25, 0.3) is 0 Å². The molecule has 0 atom stereocenters. The first-order chi connectivity index (χ1) is 13.0. The van der Waals surface area contributed by atoms with Gasteiger partial charge in [-0.15, -0.1) is 0 Å². The fourth-order valence-corrected chi connectivity index (χ4v) is 3.63. The maximum absolute atomic E-state index is 5.83. The number of benzene rings is 2. The second-order valence-electron chi connectivity index (χ2n) is 7.35. The monoisotopic (exact) mass is 383 g/mol. The van der Waals surface area contributed by atoms with Gasteiger partial charge in [0.2, 0.25) is 0 Å². The summed E-state index contributed by atoms with van der Waals surface area (Å²) in [5.74, 6) is 1.65. The first kappa shape index (κ1) is 19.6. The predicted octanol–water partition coefficient (Wildman–Crippen LogP) is 4.98. The van der Waals surface area contributed by atoms with Gasteiger partial charge in [-0.25, -0.2) is 0 Å². The van der Waals surface area contributed by atoms with E-state index < -0.39 is 0 Å². The van der Waals surface area contributed by atoms with Crippen LogP contribution in [-0.2, 0) is 0 Å². The summed E-state index contributed by atoms with van der Waals surface area (Å²) in [6.07, 6.45) is 2.31. The van der Waals surface area contributed by atoms with Crippen molar-refractivity contribution in [1.29, 1.82) is 0 Å². The van der Waals surface area contributed by atoms with Crippen LogP contribution in [0.25, 0.3) is 0 Å². The number of piperidine rings is 1. The largest absolute Gasteiger partial charge is 0.457 e. The lowest BCUT2D eigenvalue weighted by Gasteiger charge is -2.39. The van der Waals surface area contributed by atoms with Crippen molar-refractivity contribution in [2.24, 2.45) is 0 Å². The van der Waals surface area contributed by atoms with E-state index in [1.165, 1.54) is 0 Å². The van der Waals surface area contributed by atoms with E-state index in [1.54, 1.807) is 0 Å². The van der Waals surface area contributed by atoms with Crippen LogP contribution in [0.2, 0.25) is 0 Å². The highest BCUT2D eigenvalue weighted by atomic mass is 32.1. The maximum atomic E-state index is 5.83. The average molecular weight is 384 g/mol. The second kappa shape index (κ2) is 9.20. The lowest BCUT2D eigenvalue weighted by Crippen LogP contribution is -2.48. The molecular weight excluding hydrogens is 354 g/mol. The number of para-hydroxylation sites is 1. The Kier molecular flexibility index (Phi) is 6.69. The zero-order chi connectivity index (χ0) is 19.2.